The van der Waals surface area contributed by atoms with Gasteiger partial charge in [-0.1, -0.05) is 18.2 Å². The maximum Gasteiger partial charge on any atom is 0.238 e. The molecule has 0 radical (unpaired) electrons. The molecule has 0 amide bonds. The van der Waals surface area contributed by atoms with E-state index in [2.05, 4.69) is 20.0 Å². The molecular weight excluding hydrogens is 442 g/mol. The normalized spacial score (nSPS) is 11.2. The molecule has 33 heavy (non-hydrogen) atoms. The van der Waals surface area contributed by atoms with Crippen molar-refractivity contribution in [2.75, 3.05) is 17.1 Å². The number of benzene rings is 2. The topological polar surface area (TPSA) is 108 Å². The van der Waals surface area contributed by atoms with Crippen LogP contribution in [0.25, 0.3) is 5.82 Å². The van der Waals surface area contributed by atoms with Crippen molar-refractivity contribution in [3.8, 4) is 23.2 Å². The number of aromatic nitrogens is 4. The minimum atomic E-state index is -3.56. The summed E-state index contributed by atoms with van der Waals surface area (Å²) >= 11 is 0. The first-order valence-corrected chi connectivity index (χ1v) is 11.9. The number of sulfonamides is 1. The average molecular weight is 466 g/mol. The monoisotopic (exact) mass is 465 g/mol. The molecule has 10 heteroatoms. The zero-order valence-electron chi connectivity index (χ0n) is 18.2. The standard InChI is InChI=1S/C23H23N5O4S/c1-17-16-18(2)28(26-17)22-12-13-23(25-24-22)32-21-10-8-19(9-11-21)27-33(29,30)15-14-31-20-6-4-3-5-7-20/h3-13,16,27H,14-15H2,1-2H3. The Bertz CT molecular complexity index is 1310. The smallest absolute Gasteiger partial charge is 0.238 e. The van der Waals surface area contributed by atoms with Gasteiger partial charge in [-0.2, -0.15) is 5.10 Å². The quantitative estimate of drug-likeness (QED) is 0.399. The van der Waals surface area contributed by atoms with Crippen LogP contribution < -0.4 is 14.2 Å². The van der Waals surface area contributed by atoms with Gasteiger partial charge in [0.05, 0.1) is 5.69 Å². The van der Waals surface area contributed by atoms with Crippen LogP contribution in [-0.2, 0) is 10.0 Å². The molecule has 0 fully saturated rings. The summed E-state index contributed by atoms with van der Waals surface area (Å²) in [4.78, 5) is 0. The predicted octanol–water partition coefficient (Wildman–Crippen LogP) is 3.89. The minimum absolute atomic E-state index is 0.0484. The fourth-order valence-corrected chi connectivity index (χ4v) is 3.97. The van der Waals surface area contributed by atoms with E-state index in [0.29, 0.717) is 28.9 Å². The highest BCUT2D eigenvalue weighted by molar-refractivity contribution is 7.92. The Morgan fingerprint density at radius 1 is 0.909 bits per heavy atom. The Morgan fingerprint density at radius 3 is 2.30 bits per heavy atom. The number of aryl methyl sites for hydroxylation is 2. The van der Waals surface area contributed by atoms with Crippen LogP contribution in [0, 0.1) is 13.8 Å². The first-order chi connectivity index (χ1) is 15.9. The highest BCUT2D eigenvalue weighted by Gasteiger charge is 2.12. The lowest BCUT2D eigenvalue weighted by atomic mass is 10.3. The Hall–Kier alpha value is -3.92. The molecule has 2 heterocycles. The summed E-state index contributed by atoms with van der Waals surface area (Å²) in [6.45, 7) is 3.90. The third-order valence-electron chi connectivity index (χ3n) is 4.57. The molecule has 2 aromatic heterocycles. The van der Waals surface area contributed by atoms with E-state index in [1.165, 1.54) is 0 Å². The Balaban J connectivity index is 1.32. The first kappa shape index (κ1) is 22.3. The van der Waals surface area contributed by atoms with Gasteiger partial charge in [0, 0.05) is 17.4 Å². The zero-order chi connectivity index (χ0) is 23.3. The summed E-state index contributed by atoms with van der Waals surface area (Å²) in [5.74, 6) is 1.86. The van der Waals surface area contributed by atoms with E-state index in [0.717, 1.165) is 11.4 Å². The summed E-state index contributed by atoms with van der Waals surface area (Å²) in [7, 11) is -3.56. The third kappa shape index (κ3) is 6.07. The second-order valence-corrected chi connectivity index (χ2v) is 9.12. The molecule has 0 spiro atoms. The molecule has 0 aliphatic carbocycles. The van der Waals surface area contributed by atoms with Crippen molar-refractivity contribution in [3.05, 3.63) is 84.2 Å². The Labute approximate surface area is 192 Å². The number of nitrogens with zero attached hydrogens (tertiary/aromatic N) is 4. The van der Waals surface area contributed by atoms with Gasteiger partial charge in [0.15, 0.2) is 5.82 Å². The van der Waals surface area contributed by atoms with Crippen molar-refractivity contribution in [1.29, 1.82) is 0 Å². The maximum absolute atomic E-state index is 12.3. The van der Waals surface area contributed by atoms with Gasteiger partial charge in [0.25, 0.3) is 0 Å². The van der Waals surface area contributed by atoms with Gasteiger partial charge in [-0.05, 0) is 62.4 Å². The molecule has 0 saturated heterocycles. The number of para-hydroxylation sites is 1. The molecule has 0 saturated carbocycles. The van der Waals surface area contributed by atoms with Crippen molar-refractivity contribution in [3.63, 3.8) is 0 Å². The van der Waals surface area contributed by atoms with Crippen molar-refractivity contribution in [2.24, 2.45) is 0 Å². The summed E-state index contributed by atoms with van der Waals surface area (Å²) < 4.78 is 40.0. The molecule has 1 N–H and O–H groups in total. The van der Waals surface area contributed by atoms with Crippen LogP contribution in [0.4, 0.5) is 5.69 Å². The molecule has 0 bridgehead atoms. The van der Waals surface area contributed by atoms with E-state index in [1.807, 2.05) is 38.1 Å². The fourth-order valence-electron chi connectivity index (χ4n) is 3.07. The Kier molecular flexibility index (Phi) is 6.55. The lowest BCUT2D eigenvalue weighted by molar-refractivity contribution is 0.341. The molecule has 0 aliphatic rings. The van der Waals surface area contributed by atoms with E-state index >= 15 is 0 Å². The van der Waals surface area contributed by atoms with Crippen molar-refractivity contribution < 1.29 is 17.9 Å². The Morgan fingerprint density at radius 2 is 1.67 bits per heavy atom. The van der Waals surface area contributed by atoms with Crippen LogP contribution in [0.5, 0.6) is 17.4 Å². The molecule has 2 aromatic carbocycles. The minimum Gasteiger partial charge on any atom is -0.492 e. The SMILES string of the molecule is Cc1cc(C)n(-c2ccc(Oc3ccc(NS(=O)(=O)CCOc4ccccc4)cc3)nn2)n1. The summed E-state index contributed by atoms with van der Waals surface area (Å²) in [6.07, 6.45) is 0. The van der Waals surface area contributed by atoms with Crippen LogP contribution in [-0.4, -0.2) is 40.8 Å². The zero-order valence-corrected chi connectivity index (χ0v) is 19.0. The number of rotatable bonds is 9. The van der Waals surface area contributed by atoms with Crippen LogP contribution in [0.2, 0.25) is 0 Å². The molecule has 0 atom stereocenters. The number of ether oxygens (including phenoxy) is 2. The first-order valence-electron chi connectivity index (χ1n) is 10.2. The van der Waals surface area contributed by atoms with Crippen LogP contribution >= 0.6 is 0 Å². The van der Waals surface area contributed by atoms with Gasteiger partial charge in [0.1, 0.15) is 23.9 Å². The summed E-state index contributed by atoms with van der Waals surface area (Å²) in [6, 6.07) is 21.0. The van der Waals surface area contributed by atoms with Gasteiger partial charge in [-0.15, -0.1) is 10.2 Å². The molecular formula is C23H23N5O4S. The lowest BCUT2D eigenvalue weighted by Gasteiger charge is -2.10. The van der Waals surface area contributed by atoms with Crippen molar-refractivity contribution >= 4 is 15.7 Å². The lowest BCUT2D eigenvalue weighted by Crippen LogP contribution is -2.21. The highest BCUT2D eigenvalue weighted by Crippen LogP contribution is 2.22. The average Bonchev–Trinajstić information content (AvgIpc) is 3.14. The van der Waals surface area contributed by atoms with Gasteiger partial charge >= 0.3 is 0 Å². The molecule has 170 valence electrons. The van der Waals surface area contributed by atoms with E-state index in [9.17, 15) is 8.42 Å². The summed E-state index contributed by atoms with van der Waals surface area (Å²) in [5, 5.41) is 12.6. The van der Waals surface area contributed by atoms with Crippen molar-refractivity contribution in [1.82, 2.24) is 20.0 Å². The highest BCUT2D eigenvalue weighted by atomic mass is 32.2. The van der Waals surface area contributed by atoms with Crippen LogP contribution in [0.1, 0.15) is 11.4 Å². The fraction of sp³-hybridized carbons (Fsp3) is 0.174. The second kappa shape index (κ2) is 9.70. The molecule has 4 aromatic rings. The number of anilines is 1. The van der Waals surface area contributed by atoms with E-state index in [1.54, 1.807) is 53.2 Å². The number of nitrogens with one attached hydrogen (secondary N) is 1. The van der Waals surface area contributed by atoms with E-state index in [4.69, 9.17) is 9.47 Å². The summed E-state index contributed by atoms with van der Waals surface area (Å²) in [5.41, 5.74) is 2.28. The number of hydrogen-bond donors (Lipinski definition) is 1. The molecule has 4 rings (SSSR count). The molecule has 0 aliphatic heterocycles. The molecule has 0 unspecified atom stereocenters. The van der Waals surface area contributed by atoms with Gasteiger partial charge < -0.3 is 9.47 Å². The molecule has 9 nitrogen and oxygen atoms in total. The second-order valence-electron chi connectivity index (χ2n) is 7.28. The predicted molar refractivity (Wildman–Crippen MR) is 124 cm³/mol. The van der Waals surface area contributed by atoms with Gasteiger partial charge in [0.2, 0.25) is 15.9 Å². The van der Waals surface area contributed by atoms with Gasteiger partial charge in [-0.25, -0.2) is 13.1 Å². The largest absolute Gasteiger partial charge is 0.492 e. The van der Waals surface area contributed by atoms with Crippen molar-refractivity contribution in [2.45, 2.75) is 13.8 Å². The van der Waals surface area contributed by atoms with E-state index in [-0.39, 0.29) is 12.4 Å². The van der Waals surface area contributed by atoms with Gasteiger partial charge in [-0.3, -0.25) is 4.72 Å². The van der Waals surface area contributed by atoms with E-state index < -0.39 is 10.0 Å². The van der Waals surface area contributed by atoms with Crippen LogP contribution in [0.3, 0.4) is 0 Å². The number of hydrogen-bond acceptors (Lipinski definition) is 7. The third-order valence-corrected chi connectivity index (χ3v) is 5.82. The maximum atomic E-state index is 12.3. The van der Waals surface area contributed by atoms with Crippen LogP contribution in [0.15, 0.2) is 72.8 Å².